The van der Waals surface area contributed by atoms with Crippen LogP contribution in [0.4, 0.5) is 10.8 Å². The van der Waals surface area contributed by atoms with Crippen LogP contribution in [0, 0.1) is 5.92 Å². The van der Waals surface area contributed by atoms with Crippen molar-refractivity contribution >= 4 is 44.2 Å². The van der Waals surface area contributed by atoms with E-state index in [-0.39, 0.29) is 17.7 Å². The number of carbonyl (C=O) groups is 2. The third-order valence-corrected chi connectivity index (χ3v) is 5.41. The summed E-state index contributed by atoms with van der Waals surface area (Å²) in [6, 6.07) is 5.20. The van der Waals surface area contributed by atoms with Crippen molar-refractivity contribution in [2.24, 2.45) is 5.92 Å². The molecular formula is C18H24N4O2S. The van der Waals surface area contributed by atoms with Gasteiger partial charge in [-0.3, -0.25) is 9.59 Å². The number of carbonyl (C=O) groups excluding carboxylic acids is 2. The fraction of sp³-hybridized carbons (Fsp3) is 0.500. The van der Waals surface area contributed by atoms with Crippen LogP contribution < -0.4 is 15.5 Å². The zero-order chi connectivity index (χ0) is 18.0. The highest BCUT2D eigenvalue weighted by Crippen LogP contribution is 2.32. The van der Waals surface area contributed by atoms with Crippen molar-refractivity contribution < 1.29 is 9.59 Å². The highest BCUT2D eigenvalue weighted by Gasteiger charge is 2.23. The van der Waals surface area contributed by atoms with Crippen LogP contribution in [0.15, 0.2) is 18.2 Å². The first-order valence-corrected chi connectivity index (χ1v) is 9.49. The molecule has 1 atom stereocenters. The molecule has 0 spiro atoms. The Morgan fingerprint density at radius 2 is 1.96 bits per heavy atom. The van der Waals surface area contributed by atoms with Crippen LogP contribution in [0.25, 0.3) is 10.2 Å². The van der Waals surface area contributed by atoms with Gasteiger partial charge in [-0.05, 0) is 37.0 Å². The maximum absolute atomic E-state index is 12.5. The minimum absolute atomic E-state index is 0.0119. The van der Waals surface area contributed by atoms with Crippen LogP contribution in [-0.4, -0.2) is 35.9 Å². The molecule has 7 heteroatoms. The molecule has 0 saturated carbocycles. The summed E-state index contributed by atoms with van der Waals surface area (Å²) in [6.45, 7) is 7.38. The number of amides is 2. The second kappa shape index (κ2) is 7.39. The molecule has 3 rings (SSSR count). The zero-order valence-corrected chi connectivity index (χ0v) is 15.7. The molecule has 2 amide bonds. The summed E-state index contributed by atoms with van der Waals surface area (Å²) in [6.07, 6.45) is 2.44. The van der Waals surface area contributed by atoms with Gasteiger partial charge in [0.2, 0.25) is 11.8 Å². The van der Waals surface area contributed by atoms with Crippen molar-refractivity contribution in [1.29, 1.82) is 0 Å². The van der Waals surface area contributed by atoms with E-state index >= 15 is 0 Å². The van der Waals surface area contributed by atoms with E-state index in [0.717, 1.165) is 34.1 Å². The summed E-state index contributed by atoms with van der Waals surface area (Å²) < 4.78 is 1.06. The summed E-state index contributed by atoms with van der Waals surface area (Å²) >= 11 is 1.65. The first-order valence-electron chi connectivity index (χ1n) is 8.67. The maximum atomic E-state index is 12.5. The van der Waals surface area contributed by atoms with Gasteiger partial charge in [-0.15, -0.1) is 0 Å². The molecule has 25 heavy (non-hydrogen) atoms. The molecule has 1 aliphatic heterocycles. The second-order valence-corrected chi connectivity index (χ2v) is 7.79. The average molecular weight is 360 g/mol. The Morgan fingerprint density at radius 3 is 2.60 bits per heavy atom. The number of hydrogen-bond acceptors (Lipinski definition) is 5. The van der Waals surface area contributed by atoms with E-state index in [1.165, 1.54) is 19.8 Å². The van der Waals surface area contributed by atoms with Crippen LogP contribution >= 0.6 is 11.3 Å². The van der Waals surface area contributed by atoms with Gasteiger partial charge in [0.05, 0.1) is 10.2 Å². The molecule has 1 fully saturated rings. The highest BCUT2D eigenvalue weighted by atomic mass is 32.1. The normalized spacial score (nSPS) is 15.6. The third kappa shape index (κ3) is 4.10. The molecule has 1 aliphatic rings. The van der Waals surface area contributed by atoms with Crippen LogP contribution in [0.1, 0.15) is 33.6 Å². The number of fused-ring (bicyclic) bond motifs is 1. The van der Waals surface area contributed by atoms with Crippen LogP contribution in [0.5, 0.6) is 0 Å². The lowest BCUT2D eigenvalue weighted by Crippen LogP contribution is -2.46. The second-order valence-electron chi connectivity index (χ2n) is 6.78. The first kappa shape index (κ1) is 17.7. The molecule has 0 radical (unpaired) electrons. The Bertz CT molecular complexity index is 780. The van der Waals surface area contributed by atoms with Gasteiger partial charge in [0, 0.05) is 25.7 Å². The number of anilines is 2. The van der Waals surface area contributed by atoms with Gasteiger partial charge in [-0.25, -0.2) is 4.98 Å². The van der Waals surface area contributed by atoms with E-state index in [2.05, 4.69) is 15.5 Å². The number of rotatable bonds is 5. The van der Waals surface area contributed by atoms with E-state index in [0.29, 0.717) is 0 Å². The standard InChI is InChI=1S/C18H24N4O2S/c1-11(2)16(19-12(3)23)17(24)20-13-6-7-14-15(10-13)25-18(21-14)22-8-4-5-9-22/h6-7,10-11,16H,4-5,8-9H2,1-3H3,(H,19,23)(H,20,24)/t16-/m1/s1. The predicted molar refractivity (Wildman–Crippen MR) is 102 cm³/mol. The minimum Gasteiger partial charge on any atom is -0.348 e. The molecule has 2 heterocycles. The van der Waals surface area contributed by atoms with Crippen molar-refractivity contribution in [1.82, 2.24) is 10.3 Å². The SMILES string of the molecule is CC(=O)N[C@@H](C(=O)Nc1ccc2nc(N3CCCC3)sc2c1)C(C)C. The Labute approximate surface area is 151 Å². The molecule has 0 bridgehead atoms. The summed E-state index contributed by atoms with van der Waals surface area (Å²) in [4.78, 5) is 30.8. The Kier molecular flexibility index (Phi) is 5.22. The van der Waals surface area contributed by atoms with E-state index in [9.17, 15) is 9.59 Å². The lowest BCUT2D eigenvalue weighted by atomic mass is 10.0. The summed E-state index contributed by atoms with van der Waals surface area (Å²) in [5.74, 6) is -0.395. The van der Waals surface area contributed by atoms with E-state index < -0.39 is 6.04 Å². The van der Waals surface area contributed by atoms with Gasteiger partial charge in [0.1, 0.15) is 6.04 Å². The smallest absolute Gasteiger partial charge is 0.247 e. The minimum atomic E-state index is -0.546. The average Bonchev–Trinajstić information content (AvgIpc) is 3.20. The van der Waals surface area contributed by atoms with Crippen LogP contribution in [0.2, 0.25) is 0 Å². The number of nitrogens with one attached hydrogen (secondary N) is 2. The number of thiazole rings is 1. The number of hydrogen-bond donors (Lipinski definition) is 2. The predicted octanol–water partition coefficient (Wildman–Crippen LogP) is 3.00. The quantitative estimate of drug-likeness (QED) is 0.860. The maximum Gasteiger partial charge on any atom is 0.247 e. The zero-order valence-electron chi connectivity index (χ0n) is 14.8. The fourth-order valence-electron chi connectivity index (χ4n) is 3.01. The summed E-state index contributed by atoms with van der Waals surface area (Å²) in [5, 5.41) is 6.67. The van der Waals surface area contributed by atoms with Crippen LogP contribution in [0.3, 0.4) is 0 Å². The van der Waals surface area contributed by atoms with Gasteiger partial charge < -0.3 is 15.5 Å². The Morgan fingerprint density at radius 1 is 1.24 bits per heavy atom. The molecule has 134 valence electrons. The summed E-state index contributed by atoms with van der Waals surface area (Å²) in [7, 11) is 0. The molecule has 0 aliphatic carbocycles. The molecule has 2 N–H and O–H groups in total. The van der Waals surface area contributed by atoms with Crippen molar-refractivity contribution in [2.45, 2.75) is 39.7 Å². The van der Waals surface area contributed by atoms with E-state index in [1.54, 1.807) is 11.3 Å². The first-order chi connectivity index (χ1) is 11.9. The number of benzene rings is 1. The van der Waals surface area contributed by atoms with Crippen molar-refractivity contribution in [3.63, 3.8) is 0 Å². The van der Waals surface area contributed by atoms with Crippen molar-refractivity contribution in [2.75, 3.05) is 23.3 Å². The monoisotopic (exact) mass is 360 g/mol. The summed E-state index contributed by atoms with van der Waals surface area (Å²) in [5.41, 5.74) is 1.68. The lowest BCUT2D eigenvalue weighted by molar-refractivity contribution is -0.126. The van der Waals surface area contributed by atoms with E-state index in [1.807, 2.05) is 32.0 Å². The van der Waals surface area contributed by atoms with Gasteiger partial charge in [0.25, 0.3) is 0 Å². The van der Waals surface area contributed by atoms with Gasteiger partial charge in [0.15, 0.2) is 5.13 Å². The molecule has 6 nitrogen and oxygen atoms in total. The molecule has 2 aromatic rings. The fourth-order valence-corrected chi connectivity index (χ4v) is 4.06. The molecule has 1 saturated heterocycles. The Hall–Kier alpha value is -2.15. The van der Waals surface area contributed by atoms with Crippen LogP contribution in [-0.2, 0) is 9.59 Å². The molecule has 1 aromatic carbocycles. The van der Waals surface area contributed by atoms with Gasteiger partial charge in [-0.2, -0.15) is 0 Å². The van der Waals surface area contributed by atoms with Crippen molar-refractivity contribution in [3.8, 4) is 0 Å². The Balaban J connectivity index is 1.76. The molecule has 1 aromatic heterocycles. The van der Waals surface area contributed by atoms with Gasteiger partial charge in [-0.1, -0.05) is 25.2 Å². The molecule has 0 unspecified atom stereocenters. The molecular weight excluding hydrogens is 336 g/mol. The highest BCUT2D eigenvalue weighted by molar-refractivity contribution is 7.22. The number of nitrogens with zero attached hydrogens (tertiary/aromatic N) is 2. The van der Waals surface area contributed by atoms with Gasteiger partial charge >= 0.3 is 0 Å². The number of aromatic nitrogens is 1. The van der Waals surface area contributed by atoms with E-state index in [4.69, 9.17) is 4.98 Å². The third-order valence-electron chi connectivity index (χ3n) is 4.33. The largest absolute Gasteiger partial charge is 0.348 e. The topological polar surface area (TPSA) is 74.3 Å². The lowest BCUT2D eigenvalue weighted by Gasteiger charge is -2.20. The van der Waals surface area contributed by atoms with Crippen molar-refractivity contribution in [3.05, 3.63) is 18.2 Å².